The summed E-state index contributed by atoms with van der Waals surface area (Å²) < 4.78 is 42.5. The third-order valence-corrected chi connectivity index (χ3v) is 4.01. The largest absolute Gasteiger partial charge is 0.462 e. The number of nitrogens with zero attached hydrogens (tertiary/aromatic N) is 1. The van der Waals surface area contributed by atoms with E-state index in [9.17, 15) is 22.4 Å². The fraction of sp³-hybridized carbons (Fsp3) is 0.154. The lowest BCUT2D eigenvalue weighted by molar-refractivity contribution is 0.0521. The molecule has 11 heteroatoms. The van der Waals surface area contributed by atoms with Gasteiger partial charge in [0, 0.05) is 0 Å². The van der Waals surface area contributed by atoms with Crippen LogP contribution in [0.5, 0.6) is 0 Å². The summed E-state index contributed by atoms with van der Waals surface area (Å²) in [6.07, 6.45) is 0.977. The second-order valence-corrected chi connectivity index (χ2v) is 5.99. The van der Waals surface area contributed by atoms with Gasteiger partial charge in [-0.3, -0.25) is 15.3 Å². The van der Waals surface area contributed by atoms with E-state index in [0.717, 1.165) is 12.3 Å². The molecule has 2 rings (SSSR count). The van der Waals surface area contributed by atoms with Gasteiger partial charge in [0.05, 0.1) is 18.4 Å². The van der Waals surface area contributed by atoms with Crippen LogP contribution in [0.25, 0.3) is 0 Å². The zero-order chi connectivity index (χ0) is 17.7. The minimum Gasteiger partial charge on any atom is -0.462 e. The lowest BCUT2D eigenvalue weighted by Gasteiger charge is -2.08. The number of rotatable bonds is 6. The predicted octanol–water partition coefficient (Wildman–Crippen LogP) is 0.349. The average molecular weight is 356 g/mol. The summed E-state index contributed by atoms with van der Waals surface area (Å²) in [5.74, 6) is -2.72. The summed E-state index contributed by atoms with van der Waals surface area (Å²) >= 11 is 0. The number of benzene rings is 1. The van der Waals surface area contributed by atoms with Crippen molar-refractivity contribution in [2.45, 2.75) is 11.9 Å². The fourth-order valence-corrected chi connectivity index (χ4v) is 2.64. The summed E-state index contributed by atoms with van der Waals surface area (Å²) in [6, 6.07) is 5.03. The molecule has 128 valence electrons. The smallest absolute Gasteiger partial charge is 0.342 e. The molecule has 0 aliphatic rings. The molecule has 0 saturated heterocycles. The van der Waals surface area contributed by atoms with E-state index >= 15 is 0 Å². The number of carbonyl (C=O) groups is 2. The molecule has 24 heavy (non-hydrogen) atoms. The molecular formula is C13H13FN4O5S. The Morgan fingerprint density at radius 2 is 2.00 bits per heavy atom. The number of esters is 1. The van der Waals surface area contributed by atoms with E-state index in [1.54, 1.807) is 11.8 Å². The van der Waals surface area contributed by atoms with Crippen molar-refractivity contribution >= 4 is 21.9 Å². The molecule has 2 aromatic rings. The molecule has 0 aliphatic carbocycles. The third kappa shape index (κ3) is 3.75. The summed E-state index contributed by atoms with van der Waals surface area (Å²) in [6.45, 7) is 1.60. The molecule has 0 atom stereocenters. The molecule has 3 N–H and O–H groups in total. The number of H-pyrrole nitrogens is 1. The Labute approximate surface area is 136 Å². The minimum absolute atomic E-state index is 0.0426. The van der Waals surface area contributed by atoms with Crippen LogP contribution in [-0.4, -0.2) is 37.1 Å². The Hall–Kier alpha value is -2.79. The van der Waals surface area contributed by atoms with Crippen LogP contribution >= 0.6 is 0 Å². The molecule has 0 fully saturated rings. The van der Waals surface area contributed by atoms with E-state index in [4.69, 9.17) is 4.74 Å². The number of amides is 1. The molecule has 9 nitrogen and oxygen atoms in total. The minimum atomic E-state index is -4.35. The van der Waals surface area contributed by atoms with Gasteiger partial charge in [-0.15, -0.1) is 4.83 Å². The lowest BCUT2D eigenvalue weighted by atomic mass is 10.2. The Balaban J connectivity index is 2.15. The number of ether oxygens (including phenoxy) is 1. The van der Waals surface area contributed by atoms with Crippen LogP contribution in [0.2, 0.25) is 0 Å². The first-order valence-electron chi connectivity index (χ1n) is 6.64. The quantitative estimate of drug-likeness (QED) is 0.506. The highest BCUT2D eigenvalue weighted by Crippen LogP contribution is 2.13. The maximum Gasteiger partial charge on any atom is 0.342 e. The van der Waals surface area contributed by atoms with Crippen molar-refractivity contribution in [3.8, 4) is 0 Å². The van der Waals surface area contributed by atoms with Crippen molar-refractivity contribution in [3.63, 3.8) is 0 Å². The Kier molecular flexibility index (Phi) is 5.26. The van der Waals surface area contributed by atoms with Crippen LogP contribution in [0.4, 0.5) is 4.39 Å². The first-order chi connectivity index (χ1) is 11.4. The second kappa shape index (κ2) is 7.19. The molecule has 1 amide bonds. The first-order valence-corrected chi connectivity index (χ1v) is 8.12. The van der Waals surface area contributed by atoms with Crippen molar-refractivity contribution in [2.75, 3.05) is 6.61 Å². The van der Waals surface area contributed by atoms with Crippen molar-refractivity contribution in [2.24, 2.45) is 0 Å². The number of sulfonamides is 1. The van der Waals surface area contributed by atoms with Crippen LogP contribution in [0.1, 0.15) is 27.6 Å². The molecule has 1 aromatic carbocycles. The standard InChI is InChI=1S/C13H13FN4O5S/c1-2-23-13(20)9-7-15-17-12(9)24(21,22)18-16-11(19)8-5-3-4-6-10(8)14/h3-7,18H,2H2,1H3,(H,15,17)(H,16,19). The molecule has 1 aromatic heterocycles. The highest BCUT2D eigenvalue weighted by atomic mass is 32.2. The number of hydrazine groups is 1. The van der Waals surface area contributed by atoms with Gasteiger partial charge < -0.3 is 4.74 Å². The van der Waals surface area contributed by atoms with Gasteiger partial charge in [0.25, 0.3) is 15.9 Å². The Morgan fingerprint density at radius 3 is 2.67 bits per heavy atom. The number of carbonyl (C=O) groups excluding carboxylic acids is 2. The Morgan fingerprint density at radius 1 is 1.29 bits per heavy atom. The number of nitrogens with one attached hydrogen (secondary N) is 3. The molecule has 0 saturated carbocycles. The van der Waals surface area contributed by atoms with Crippen LogP contribution < -0.4 is 10.3 Å². The molecular weight excluding hydrogens is 343 g/mol. The molecule has 0 aliphatic heterocycles. The zero-order valence-electron chi connectivity index (χ0n) is 12.4. The number of aromatic nitrogens is 2. The summed E-state index contributed by atoms with van der Waals surface area (Å²) in [5.41, 5.74) is 1.17. The average Bonchev–Trinajstić information content (AvgIpc) is 3.04. The molecule has 0 unspecified atom stereocenters. The van der Waals surface area contributed by atoms with Crippen LogP contribution in [0.3, 0.4) is 0 Å². The van der Waals surface area contributed by atoms with Crippen LogP contribution in [0.15, 0.2) is 35.5 Å². The lowest BCUT2D eigenvalue weighted by Crippen LogP contribution is -2.42. The monoisotopic (exact) mass is 356 g/mol. The topological polar surface area (TPSA) is 130 Å². The van der Waals surface area contributed by atoms with Gasteiger partial charge in [-0.1, -0.05) is 12.1 Å². The van der Waals surface area contributed by atoms with Gasteiger partial charge in [-0.05, 0) is 19.1 Å². The summed E-state index contributed by atoms with van der Waals surface area (Å²) in [7, 11) is -4.35. The van der Waals surface area contributed by atoms with Gasteiger partial charge in [0.1, 0.15) is 11.4 Å². The second-order valence-electron chi connectivity index (χ2n) is 4.37. The summed E-state index contributed by atoms with van der Waals surface area (Å²) in [5, 5.41) is 5.02. The van der Waals surface area contributed by atoms with E-state index < -0.39 is 32.7 Å². The number of hydrogen-bond acceptors (Lipinski definition) is 6. The van der Waals surface area contributed by atoms with Gasteiger partial charge >= 0.3 is 5.97 Å². The van der Waals surface area contributed by atoms with Crippen molar-refractivity contribution in [1.29, 1.82) is 0 Å². The zero-order valence-corrected chi connectivity index (χ0v) is 13.2. The first kappa shape index (κ1) is 17.6. The SMILES string of the molecule is CCOC(=O)c1cn[nH]c1S(=O)(=O)NNC(=O)c1ccccc1F. The third-order valence-electron chi connectivity index (χ3n) is 2.79. The predicted molar refractivity (Wildman–Crippen MR) is 78.7 cm³/mol. The van der Waals surface area contributed by atoms with Crippen molar-refractivity contribution < 1.29 is 27.1 Å². The van der Waals surface area contributed by atoms with Gasteiger partial charge in [-0.25, -0.2) is 17.6 Å². The van der Waals surface area contributed by atoms with Gasteiger partial charge in [0.15, 0.2) is 5.03 Å². The maximum absolute atomic E-state index is 13.5. The summed E-state index contributed by atoms with van der Waals surface area (Å²) in [4.78, 5) is 25.2. The molecule has 0 spiro atoms. The Bertz CT molecular complexity index is 865. The molecule has 1 heterocycles. The van der Waals surface area contributed by atoms with Crippen molar-refractivity contribution in [1.82, 2.24) is 20.5 Å². The number of aromatic amines is 1. The molecule has 0 radical (unpaired) electrons. The van der Waals surface area contributed by atoms with E-state index in [2.05, 4.69) is 10.2 Å². The highest BCUT2D eigenvalue weighted by molar-refractivity contribution is 7.89. The van der Waals surface area contributed by atoms with Crippen LogP contribution in [0, 0.1) is 5.82 Å². The van der Waals surface area contributed by atoms with E-state index in [1.807, 2.05) is 5.43 Å². The molecule has 0 bridgehead atoms. The van der Waals surface area contributed by atoms with E-state index in [0.29, 0.717) is 0 Å². The van der Waals surface area contributed by atoms with Crippen LogP contribution in [-0.2, 0) is 14.8 Å². The number of hydrogen-bond donors (Lipinski definition) is 3. The number of halogens is 1. The normalized spacial score (nSPS) is 11.1. The fourth-order valence-electron chi connectivity index (χ4n) is 1.71. The van der Waals surface area contributed by atoms with Gasteiger partial charge in [0.2, 0.25) is 0 Å². The van der Waals surface area contributed by atoms with Gasteiger partial charge in [-0.2, -0.15) is 5.10 Å². The highest BCUT2D eigenvalue weighted by Gasteiger charge is 2.26. The van der Waals surface area contributed by atoms with E-state index in [1.165, 1.54) is 18.2 Å². The maximum atomic E-state index is 13.5. The van der Waals surface area contributed by atoms with E-state index in [-0.39, 0.29) is 17.7 Å². The van der Waals surface area contributed by atoms with Crippen molar-refractivity contribution in [3.05, 3.63) is 47.4 Å².